The van der Waals surface area contributed by atoms with E-state index < -0.39 is 5.41 Å². The Bertz CT molecular complexity index is 897. The molecule has 0 aromatic heterocycles. The molecule has 2 aromatic rings. The van der Waals surface area contributed by atoms with Gasteiger partial charge >= 0.3 is 0 Å². The highest BCUT2D eigenvalue weighted by Crippen LogP contribution is 2.37. The number of carbonyl (C=O) groups is 1. The minimum atomic E-state index is -0.828. The molecule has 1 saturated heterocycles. The fraction of sp³-hybridized carbons (Fsp3) is 0.391. The topological polar surface area (TPSA) is 71.3 Å². The molecule has 0 spiro atoms. The van der Waals surface area contributed by atoms with Crippen molar-refractivity contribution in [1.82, 2.24) is 0 Å². The van der Waals surface area contributed by atoms with E-state index in [1.165, 1.54) is 12.1 Å². The normalized spacial score (nSPS) is 15.6. The van der Waals surface area contributed by atoms with Gasteiger partial charge in [0.05, 0.1) is 23.3 Å². The molecule has 0 saturated carbocycles. The number of anilines is 1. The van der Waals surface area contributed by atoms with Crippen LogP contribution >= 0.6 is 0 Å². The van der Waals surface area contributed by atoms with Crippen molar-refractivity contribution in [3.05, 3.63) is 59.4 Å². The first kappa shape index (κ1) is 20.8. The van der Waals surface area contributed by atoms with Gasteiger partial charge in [-0.2, -0.15) is 5.26 Å². The minimum absolute atomic E-state index is 0.222. The van der Waals surface area contributed by atoms with Crippen molar-refractivity contribution in [3.63, 3.8) is 0 Å². The first-order valence-electron chi connectivity index (χ1n) is 9.77. The number of ether oxygens (including phenoxy) is 2. The van der Waals surface area contributed by atoms with Gasteiger partial charge in [-0.1, -0.05) is 26.0 Å². The standard InChI is InChI=1S/C23H25FN2O3/c1-16(2)15-29-20-7-8-21(17(13-20)14-25)26-22(27)23(9-11-28-12-10-23)18-3-5-19(24)6-4-18/h3-8,13,16H,9-12,15H2,1-2H3,(H,26,27). The molecule has 1 heterocycles. The first-order chi connectivity index (χ1) is 13.9. The quantitative estimate of drug-likeness (QED) is 0.785. The lowest BCUT2D eigenvalue weighted by molar-refractivity contribution is -0.125. The number of hydrogen-bond donors (Lipinski definition) is 1. The van der Waals surface area contributed by atoms with Gasteiger partial charge in [-0.05, 0) is 54.7 Å². The summed E-state index contributed by atoms with van der Waals surface area (Å²) in [5.74, 6) is 0.386. The van der Waals surface area contributed by atoms with Crippen LogP contribution in [0.25, 0.3) is 0 Å². The molecule has 0 atom stereocenters. The zero-order valence-corrected chi connectivity index (χ0v) is 16.7. The number of benzene rings is 2. The molecule has 5 nitrogen and oxygen atoms in total. The van der Waals surface area contributed by atoms with E-state index in [9.17, 15) is 14.4 Å². The van der Waals surface area contributed by atoms with Gasteiger partial charge in [0.2, 0.25) is 5.91 Å². The van der Waals surface area contributed by atoms with Crippen LogP contribution in [-0.4, -0.2) is 25.7 Å². The lowest BCUT2D eigenvalue weighted by Gasteiger charge is -2.36. The second-order valence-electron chi connectivity index (χ2n) is 7.68. The zero-order valence-electron chi connectivity index (χ0n) is 16.7. The molecule has 1 aliphatic heterocycles. The maximum absolute atomic E-state index is 13.4. The number of nitrogens with zero attached hydrogens (tertiary/aromatic N) is 1. The van der Waals surface area contributed by atoms with E-state index in [0.717, 1.165) is 5.56 Å². The Morgan fingerprint density at radius 2 is 1.93 bits per heavy atom. The molecule has 152 valence electrons. The number of hydrogen-bond acceptors (Lipinski definition) is 4. The third-order valence-corrected chi connectivity index (χ3v) is 5.12. The lowest BCUT2D eigenvalue weighted by Crippen LogP contribution is -2.45. The van der Waals surface area contributed by atoms with E-state index in [-0.39, 0.29) is 11.7 Å². The van der Waals surface area contributed by atoms with Gasteiger partial charge < -0.3 is 14.8 Å². The van der Waals surface area contributed by atoms with Crippen LogP contribution in [0.3, 0.4) is 0 Å². The average Bonchev–Trinajstić information content (AvgIpc) is 2.73. The van der Waals surface area contributed by atoms with Gasteiger partial charge in [0.1, 0.15) is 17.6 Å². The van der Waals surface area contributed by atoms with Crippen molar-refractivity contribution in [1.29, 1.82) is 5.26 Å². The monoisotopic (exact) mass is 396 g/mol. The summed E-state index contributed by atoms with van der Waals surface area (Å²) in [6.07, 6.45) is 0.976. The molecule has 0 radical (unpaired) electrons. The summed E-state index contributed by atoms with van der Waals surface area (Å²) in [6, 6.07) is 13.2. The molecule has 3 rings (SSSR count). The third kappa shape index (κ3) is 4.75. The van der Waals surface area contributed by atoms with E-state index >= 15 is 0 Å². The summed E-state index contributed by atoms with van der Waals surface area (Å²) in [5.41, 5.74) is 0.685. The predicted molar refractivity (Wildman–Crippen MR) is 108 cm³/mol. The number of carbonyl (C=O) groups excluding carboxylic acids is 1. The van der Waals surface area contributed by atoms with Crippen LogP contribution < -0.4 is 10.1 Å². The van der Waals surface area contributed by atoms with Crippen LogP contribution in [-0.2, 0) is 14.9 Å². The van der Waals surface area contributed by atoms with Crippen LogP contribution in [0.2, 0.25) is 0 Å². The van der Waals surface area contributed by atoms with Gasteiger partial charge in [0, 0.05) is 13.2 Å². The Balaban J connectivity index is 1.86. The highest BCUT2D eigenvalue weighted by Gasteiger charge is 2.42. The van der Waals surface area contributed by atoms with Crippen LogP contribution in [0.1, 0.15) is 37.8 Å². The summed E-state index contributed by atoms with van der Waals surface area (Å²) in [5, 5.41) is 12.4. The smallest absolute Gasteiger partial charge is 0.235 e. The fourth-order valence-corrected chi connectivity index (χ4v) is 3.46. The maximum Gasteiger partial charge on any atom is 0.235 e. The van der Waals surface area contributed by atoms with Crippen molar-refractivity contribution in [2.24, 2.45) is 5.92 Å². The summed E-state index contributed by atoms with van der Waals surface area (Å²) in [7, 11) is 0. The Labute approximate surface area is 170 Å². The van der Waals surface area contributed by atoms with Gasteiger partial charge in [0.25, 0.3) is 0 Å². The van der Waals surface area contributed by atoms with E-state index in [1.54, 1.807) is 30.3 Å². The first-order valence-corrected chi connectivity index (χ1v) is 9.77. The molecule has 0 unspecified atom stereocenters. The van der Waals surface area contributed by atoms with Crippen LogP contribution in [0.15, 0.2) is 42.5 Å². The fourth-order valence-electron chi connectivity index (χ4n) is 3.46. The molecule has 2 aromatic carbocycles. The van der Waals surface area contributed by atoms with Gasteiger partial charge in [0.15, 0.2) is 0 Å². The predicted octanol–water partition coefficient (Wildman–Crippen LogP) is 4.42. The van der Waals surface area contributed by atoms with Crippen LogP contribution in [0.4, 0.5) is 10.1 Å². The van der Waals surface area contributed by atoms with Crippen molar-refractivity contribution in [2.75, 3.05) is 25.1 Å². The molecule has 1 N–H and O–H groups in total. The molecular formula is C23H25FN2O3. The number of nitriles is 1. The molecule has 1 aliphatic rings. The summed E-state index contributed by atoms with van der Waals surface area (Å²) in [6.45, 7) is 5.52. The largest absolute Gasteiger partial charge is 0.493 e. The molecular weight excluding hydrogens is 371 g/mol. The van der Waals surface area contributed by atoms with Crippen molar-refractivity contribution in [2.45, 2.75) is 32.1 Å². The molecule has 1 fully saturated rings. The molecule has 29 heavy (non-hydrogen) atoms. The Morgan fingerprint density at radius 1 is 1.24 bits per heavy atom. The highest BCUT2D eigenvalue weighted by molar-refractivity contribution is 6.00. The van der Waals surface area contributed by atoms with Gasteiger partial charge in [-0.25, -0.2) is 4.39 Å². The van der Waals surface area contributed by atoms with Crippen molar-refractivity contribution in [3.8, 4) is 11.8 Å². The molecule has 0 bridgehead atoms. The van der Waals surface area contributed by atoms with E-state index in [0.29, 0.717) is 55.6 Å². The van der Waals surface area contributed by atoms with Crippen LogP contribution in [0.5, 0.6) is 5.75 Å². The SMILES string of the molecule is CC(C)COc1ccc(NC(=O)C2(c3ccc(F)cc3)CCOCC2)c(C#N)c1. The van der Waals surface area contributed by atoms with Crippen molar-refractivity contribution >= 4 is 11.6 Å². The zero-order chi connectivity index (χ0) is 20.9. The molecule has 0 aliphatic carbocycles. The molecule has 6 heteroatoms. The van der Waals surface area contributed by atoms with E-state index in [1.807, 2.05) is 13.8 Å². The van der Waals surface area contributed by atoms with Gasteiger partial charge in [-0.15, -0.1) is 0 Å². The minimum Gasteiger partial charge on any atom is -0.493 e. The highest BCUT2D eigenvalue weighted by atomic mass is 19.1. The number of halogens is 1. The molecule has 1 amide bonds. The summed E-state index contributed by atoms with van der Waals surface area (Å²) in [4.78, 5) is 13.3. The van der Waals surface area contributed by atoms with Crippen molar-refractivity contribution < 1.29 is 18.7 Å². The third-order valence-electron chi connectivity index (χ3n) is 5.12. The van der Waals surface area contributed by atoms with Crippen LogP contribution in [0, 0.1) is 23.1 Å². The Morgan fingerprint density at radius 3 is 2.55 bits per heavy atom. The maximum atomic E-state index is 13.4. The summed E-state index contributed by atoms with van der Waals surface area (Å²) < 4.78 is 24.5. The lowest BCUT2D eigenvalue weighted by atomic mass is 9.73. The number of rotatable bonds is 6. The van der Waals surface area contributed by atoms with E-state index in [4.69, 9.17) is 9.47 Å². The second kappa shape index (κ2) is 9.06. The average molecular weight is 396 g/mol. The Hall–Kier alpha value is -2.91. The van der Waals surface area contributed by atoms with E-state index in [2.05, 4.69) is 11.4 Å². The second-order valence-corrected chi connectivity index (χ2v) is 7.68. The Kier molecular flexibility index (Phi) is 6.50. The van der Waals surface area contributed by atoms with Gasteiger partial charge in [-0.3, -0.25) is 4.79 Å². The number of nitrogens with one attached hydrogen (secondary N) is 1. The number of amides is 1. The summed E-state index contributed by atoms with van der Waals surface area (Å²) >= 11 is 0.